The van der Waals surface area contributed by atoms with E-state index in [1.807, 2.05) is 18.2 Å². The number of nitrogens with two attached hydrogens (primary N) is 1. The molecule has 2 aromatic rings. The zero-order valence-electron chi connectivity index (χ0n) is 9.77. The van der Waals surface area contributed by atoms with Gasteiger partial charge in [-0.15, -0.1) is 0 Å². The zero-order valence-corrected chi connectivity index (χ0v) is 9.77. The van der Waals surface area contributed by atoms with Crippen LogP contribution in [0.2, 0.25) is 0 Å². The average Bonchev–Trinajstić information content (AvgIpc) is 2.77. The molecule has 0 atom stereocenters. The predicted octanol–water partition coefficient (Wildman–Crippen LogP) is 2.37. The summed E-state index contributed by atoms with van der Waals surface area (Å²) in [5, 5.41) is 0. The highest BCUT2D eigenvalue weighted by Crippen LogP contribution is 2.08. The molecule has 2 N–H and O–H groups in total. The molecule has 0 aliphatic carbocycles. The molecule has 0 saturated carbocycles. The van der Waals surface area contributed by atoms with E-state index >= 15 is 0 Å². The Morgan fingerprint density at radius 3 is 2.53 bits per heavy atom. The number of halogens is 1. The normalized spacial score (nSPS) is 10.7. The topological polar surface area (TPSA) is 30.9 Å². The van der Waals surface area contributed by atoms with Gasteiger partial charge in [0.2, 0.25) is 0 Å². The van der Waals surface area contributed by atoms with Crippen molar-refractivity contribution < 1.29 is 4.39 Å². The van der Waals surface area contributed by atoms with Gasteiger partial charge < -0.3 is 10.3 Å². The first kappa shape index (κ1) is 11.9. The molecule has 0 radical (unpaired) electrons. The SMILES string of the molecule is NCCc1cccn1CCc1ccc(F)cc1. The van der Waals surface area contributed by atoms with Crippen molar-refractivity contribution in [3.05, 3.63) is 59.7 Å². The van der Waals surface area contributed by atoms with Gasteiger partial charge in [0.05, 0.1) is 0 Å². The van der Waals surface area contributed by atoms with E-state index in [0.717, 1.165) is 24.9 Å². The maximum atomic E-state index is 12.7. The highest BCUT2D eigenvalue weighted by molar-refractivity contribution is 5.16. The average molecular weight is 232 g/mol. The minimum Gasteiger partial charge on any atom is -0.351 e. The quantitative estimate of drug-likeness (QED) is 0.843. The van der Waals surface area contributed by atoms with Crippen molar-refractivity contribution in [1.29, 1.82) is 0 Å². The first-order chi connectivity index (χ1) is 8.29. The lowest BCUT2D eigenvalue weighted by atomic mass is 10.1. The smallest absolute Gasteiger partial charge is 0.123 e. The summed E-state index contributed by atoms with van der Waals surface area (Å²) in [5.74, 6) is -0.182. The van der Waals surface area contributed by atoms with Crippen molar-refractivity contribution in [3.8, 4) is 0 Å². The maximum Gasteiger partial charge on any atom is 0.123 e. The van der Waals surface area contributed by atoms with Gasteiger partial charge in [-0.1, -0.05) is 12.1 Å². The number of aromatic nitrogens is 1. The predicted molar refractivity (Wildman–Crippen MR) is 67.3 cm³/mol. The van der Waals surface area contributed by atoms with Crippen LogP contribution in [0.4, 0.5) is 4.39 Å². The molecule has 0 bridgehead atoms. The third-order valence-corrected chi connectivity index (χ3v) is 2.88. The van der Waals surface area contributed by atoms with Crippen LogP contribution in [-0.2, 0) is 19.4 Å². The molecular formula is C14H17FN2. The molecule has 0 aliphatic heterocycles. The number of hydrogen-bond donors (Lipinski definition) is 1. The van der Waals surface area contributed by atoms with E-state index < -0.39 is 0 Å². The van der Waals surface area contributed by atoms with Gasteiger partial charge in [0.25, 0.3) is 0 Å². The van der Waals surface area contributed by atoms with Crippen LogP contribution in [-0.4, -0.2) is 11.1 Å². The lowest BCUT2D eigenvalue weighted by molar-refractivity contribution is 0.624. The van der Waals surface area contributed by atoms with Gasteiger partial charge in [-0.25, -0.2) is 4.39 Å². The number of benzene rings is 1. The van der Waals surface area contributed by atoms with Crippen LogP contribution in [0.15, 0.2) is 42.6 Å². The highest BCUT2D eigenvalue weighted by atomic mass is 19.1. The molecule has 1 heterocycles. The third kappa shape index (κ3) is 3.17. The molecule has 0 amide bonds. The second-order valence-electron chi connectivity index (χ2n) is 4.11. The van der Waals surface area contributed by atoms with Crippen molar-refractivity contribution in [1.82, 2.24) is 4.57 Å². The van der Waals surface area contributed by atoms with Crippen LogP contribution in [0.3, 0.4) is 0 Å². The Balaban J connectivity index is 1.97. The standard InChI is InChI=1S/C14H17FN2/c15-13-5-3-12(4-6-13)8-11-17-10-1-2-14(17)7-9-16/h1-6,10H,7-9,11,16H2. The molecule has 2 rings (SSSR count). The monoisotopic (exact) mass is 232 g/mol. The van der Waals surface area contributed by atoms with Gasteiger partial charge in [0, 0.05) is 18.4 Å². The van der Waals surface area contributed by atoms with Gasteiger partial charge in [-0.05, 0) is 49.2 Å². The summed E-state index contributed by atoms with van der Waals surface area (Å²) >= 11 is 0. The van der Waals surface area contributed by atoms with Gasteiger partial charge in [-0.2, -0.15) is 0 Å². The largest absolute Gasteiger partial charge is 0.351 e. The molecule has 1 aromatic heterocycles. The summed E-state index contributed by atoms with van der Waals surface area (Å²) < 4.78 is 15.0. The van der Waals surface area contributed by atoms with Crippen molar-refractivity contribution in [2.75, 3.05) is 6.54 Å². The maximum absolute atomic E-state index is 12.7. The number of aryl methyl sites for hydroxylation is 2. The fourth-order valence-electron chi connectivity index (χ4n) is 1.94. The fourth-order valence-corrected chi connectivity index (χ4v) is 1.94. The Morgan fingerprint density at radius 1 is 1.06 bits per heavy atom. The van der Waals surface area contributed by atoms with E-state index in [1.165, 1.54) is 17.8 Å². The Labute approximate surface area is 101 Å². The summed E-state index contributed by atoms with van der Waals surface area (Å²) in [4.78, 5) is 0. The molecule has 0 unspecified atom stereocenters. The van der Waals surface area contributed by atoms with E-state index in [0.29, 0.717) is 6.54 Å². The van der Waals surface area contributed by atoms with Crippen LogP contribution in [0.1, 0.15) is 11.3 Å². The number of hydrogen-bond acceptors (Lipinski definition) is 1. The first-order valence-electron chi connectivity index (χ1n) is 5.88. The molecule has 0 saturated heterocycles. The minimum absolute atomic E-state index is 0.182. The number of nitrogens with zero attached hydrogens (tertiary/aromatic N) is 1. The summed E-state index contributed by atoms with van der Waals surface area (Å²) in [6.07, 6.45) is 3.87. The summed E-state index contributed by atoms with van der Waals surface area (Å²) in [7, 11) is 0. The van der Waals surface area contributed by atoms with Gasteiger partial charge in [0.15, 0.2) is 0 Å². The van der Waals surface area contributed by atoms with E-state index in [2.05, 4.69) is 16.8 Å². The Bertz CT molecular complexity index is 459. The van der Waals surface area contributed by atoms with Crippen molar-refractivity contribution in [3.63, 3.8) is 0 Å². The van der Waals surface area contributed by atoms with Gasteiger partial charge in [-0.3, -0.25) is 0 Å². The molecule has 0 aliphatic rings. The highest BCUT2D eigenvalue weighted by Gasteiger charge is 2.00. The van der Waals surface area contributed by atoms with Crippen LogP contribution in [0.25, 0.3) is 0 Å². The van der Waals surface area contributed by atoms with Crippen LogP contribution in [0.5, 0.6) is 0 Å². The van der Waals surface area contributed by atoms with E-state index in [-0.39, 0.29) is 5.82 Å². The molecule has 0 spiro atoms. The molecule has 90 valence electrons. The molecule has 2 nitrogen and oxygen atoms in total. The lowest BCUT2D eigenvalue weighted by Crippen LogP contribution is -2.09. The summed E-state index contributed by atoms with van der Waals surface area (Å²) in [6, 6.07) is 10.8. The molecular weight excluding hydrogens is 215 g/mol. The van der Waals surface area contributed by atoms with E-state index in [4.69, 9.17) is 5.73 Å². The van der Waals surface area contributed by atoms with Gasteiger partial charge >= 0.3 is 0 Å². The number of rotatable bonds is 5. The fraction of sp³-hybridized carbons (Fsp3) is 0.286. The van der Waals surface area contributed by atoms with Gasteiger partial charge in [0.1, 0.15) is 5.82 Å². The van der Waals surface area contributed by atoms with Crippen molar-refractivity contribution in [2.45, 2.75) is 19.4 Å². The van der Waals surface area contributed by atoms with Crippen LogP contribution < -0.4 is 5.73 Å². The zero-order chi connectivity index (χ0) is 12.1. The first-order valence-corrected chi connectivity index (χ1v) is 5.88. The Morgan fingerprint density at radius 2 is 1.82 bits per heavy atom. The molecule has 0 fully saturated rings. The second-order valence-corrected chi connectivity index (χ2v) is 4.11. The Kier molecular flexibility index (Phi) is 3.94. The lowest BCUT2D eigenvalue weighted by Gasteiger charge is -2.08. The van der Waals surface area contributed by atoms with Crippen LogP contribution >= 0.6 is 0 Å². The summed E-state index contributed by atoms with van der Waals surface area (Å²) in [5.41, 5.74) is 7.97. The molecule has 1 aromatic carbocycles. The third-order valence-electron chi connectivity index (χ3n) is 2.88. The van der Waals surface area contributed by atoms with E-state index in [9.17, 15) is 4.39 Å². The summed E-state index contributed by atoms with van der Waals surface area (Å²) in [6.45, 7) is 1.58. The van der Waals surface area contributed by atoms with Crippen molar-refractivity contribution in [2.24, 2.45) is 5.73 Å². The molecule has 3 heteroatoms. The van der Waals surface area contributed by atoms with E-state index in [1.54, 1.807) is 0 Å². The van der Waals surface area contributed by atoms with Crippen molar-refractivity contribution >= 4 is 0 Å². The minimum atomic E-state index is -0.182. The molecule has 17 heavy (non-hydrogen) atoms. The Hall–Kier alpha value is -1.61. The second kappa shape index (κ2) is 5.64. The van der Waals surface area contributed by atoms with Crippen LogP contribution in [0, 0.1) is 5.82 Å².